The topological polar surface area (TPSA) is 54.0 Å². The number of aromatic nitrogens is 1. The van der Waals surface area contributed by atoms with Crippen molar-refractivity contribution in [2.45, 2.75) is 12.8 Å². The van der Waals surface area contributed by atoms with Gasteiger partial charge in [-0.25, -0.2) is 4.98 Å². The monoisotopic (exact) mass is 321 g/mol. The number of rotatable bonds is 4. The van der Waals surface area contributed by atoms with Gasteiger partial charge in [0.1, 0.15) is 5.82 Å². The number of anilines is 3. The van der Waals surface area contributed by atoms with Crippen molar-refractivity contribution in [2.75, 3.05) is 10.6 Å². The lowest BCUT2D eigenvalue weighted by molar-refractivity contribution is -0.117. The second-order valence-electron chi connectivity index (χ2n) is 4.92. The van der Waals surface area contributed by atoms with E-state index >= 15 is 0 Å². The molecule has 0 spiro atoms. The predicted molar refractivity (Wildman–Crippen MR) is 85.3 cm³/mol. The maximum absolute atomic E-state index is 11.6. The molecule has 1 amide bonds. The zero-order valence-corrected chi connectivity index (χ0v) is 12.6. The molecule has 4 nitrogen and oxygen atoms in total. The highest BCUT2D eigenvalue weighted by atomic mass is 35.5. The van der Waals surface area contributed by atoms with E-state index in [-0.39, 0.29) is 11.8 Å². The molecule has 0 atom stereocenters. The number of pyridine rings is 1. The number of carbonyl (C=O) groups excluding carboxylic acids is 1. The first-order chi connectivity index (χ1) is 10.1. The van der Waals surface area contributed by atoms with Crippen molar-refractivity contribution in [3.05, 3.63) is 46.6 Å². The van der Waals surface area contributed by atoms with Crippen LogP contribution in [-0.2, 0) is 4.79 Å². The van der Waals surface area contributed by atoms with Crippen molar-refractivity contribution < 1.29 is 4.79 Å². The first-order valence-corrected chi connectivity index (χ1v) is 7.37. The van der Waals surface area contributed by atoms with E-state index in [9.17, 15) is 4.79 Å². The van der Waals surface area contributed by atoms with E-state index in [1.165, 1.54) is 0 Å². The second kappa shape index (κ2) is 5.92. The molecule has 2 N–H and O–H groups in total. The van der Waals surface area contributed by atoms with E-state index in [2.05, 4.69) is 15.6 Å². The third-order valence-electron chi connectivity index (χ3n) is 3.19. The summed E-state index contributed by atoms with van der Waals surface area (Å²) in [6.45, 7) is 0. The molecule has 6 heteroatoms. The number of carbonyl (C=O) groups is 1. The van der Waals surface area contributed by atoms with Crippen LogP contribution in [0.25, 0.3) is 0 Å². The van der Waals surface area contributed by atoms with E-state index in [1.807, 2.05) is 6.07 Å². The van der Waals surface area contributed by atoms with Gasteiger partial charge in [-0.3, -0.25) is 4.79 Å². The molecule has 1 saturated carbocycles. The highest BCUT2D eigenvalue weighted by Crippen LogP contribution is 2.32. The molecule has 3 rings (SSSR count). The van der Waals surface area contributed by atoms with Gasteiger partial charge in [0, 0.05) is 5.92 Å². The SMILES string of the molecule is O=C(Nc1ccc(Nc2cccc(Cl)c2Cl)nc1)C1CC1. The van der Waals surface area contributed by atoms with Crippen LogP contribution in [0.4, 0.5) is 17.2 Å². The standard InChI is InChI=1S/C15H13Cl2N3O/c16-11-2-1-3-12(14(11)17)20-13-7-6-10(8-18-13)19-15(21)9-4-5-9/h1-3,6-9H,4-5H2,(H,18,20)(H,19,21). The first kappa shape index (κ1) is 14.2. The van der Waals surface area contributed by atoms with Gasteiger partial charge in [-0.1, -0.05) is 29.3 Å². The van der Waals surface area contributed by atoms with Crippen molar-refractivity contribution in [3.8, 4) is 0 Å². The summed E-state index contributed by atoms with van der Waals surface area (Å²) in [6, 6.07) is 8.92. The van der Waals surface area contributed by atoms with Crippen LogP contribution in [-0.4, -0.2) is 10.9 Å². The Morgan fingerprint density at radius 1 is 1.19 bits per heavy atom. The molecular weight excluding hydrogens is 309 g/mol. The van der Waals surface area contributed by atoms with Crippen LogP contribution in [0.3, 0.4) is 0 Å². The Kier molecular flexibility index (Phi) is 3.99. The maximum atomic E-state index is 11.6. The Morgan fingerprint density at radius 3 is 2.67 bits per heavy atom. The van der Waals surface area contributed by atoms with Crippen molar-refractivity contribution in [3.63, 3.8) is 0 Å². The number of nitrogens with one attached hydrogen (secondary N) is 2. The highest BCUT2D eigenvalue weighted by Gasteiger charge is 2.29. The van der Waals surface area contributed by atoms with Gasteiger partial charge in [0.05, 0.1) is 27.6 Å². The minimum Gasteiger partial charge on any atom is -0.339 e. The molecule has 1 aromatic heterocycles. The number of hydrogen-bond acceptors (Lipinski definition) is 3. The average Bonchev–Trinajstić information content (AvgIpc) is 3.30. The van der Waals surface area contributed by atoms with Crippen LogP contribution in [0.1, 0.15) is 12.8 Å². The number of benzene rings is 1. The minimum absolute atomic E-state index is 0.0652. The summed E-state index contributed by atoms with van der Waals surface area (Å²) >= 11 is 12.1. The first-order valence-electron chi connectivity index (χ1n) is 6.61. The van der Waals surface area contributed by atoms with E-state index in [1.54, 1.807) is 30.5 Å². The molecule has 0 saturated heterocycles. The summed E-state index contributed by atoms with van der Waals surface area (Å²) in [5.41, 5.74) is 1.38. The van der Waals surface area contributed by atoms with Crippen LogP contribution in [0.5, 0.6) is 0 Å². The van der Waals surface area contributed by atoms with Crippen LogP contribution in [0, 0.1) is 5.92 Å². The number of halogens is 2. The van der Waals surface area contributed by atoms with E-state index in [4.69, 9.17) is 23.2 Å². The molecule has 108 valence electrons. The molecular formula is C15H13Cl2N3O. The normalized spacial score (nSPS) is 13.8. The van der Waals surface area contributed by atoms with Gasteiger partial charge < -0.3 is 10.6 Å². The molecule has 1 aliphatic rings. The van der Waals surface area contributed by atoms with Crippen LogP contribution >= 0.6 is 23.2 Å². The van der Waals surface area contributed by atoms with Gasteiger partial charge in [-0.2, -0.15) is 0 Å². The molecule has 21 heavy (non-hydrogen) atoms. The summed E-state index contributed by atoms with van der Waals surface area (Å²) in [4.78, 5) is 15.9. The fourth-order valence-corrected chi connectivity index (χ4v) is 2.22. The molecule has 2 aromatic rings. The lowest BCUT2D eigenvalue weighted by Crippen LogP contribution is -2.13. The van der Waals surface area contributed by atoms with Gasteiger partial charge in [0.15, 0.2) is 0 Å². The van der Waals surface area contributed by atoms with Gasteiger partial charge in [0.25, 0.3) is 0 Å². The Labute approximate surface area is 132 Å². The fourth-order valence-electron chi connectivity index (χ4n) is 1.87. The average molecular weight is 322 g/mol. The smallest absolute Gasteiger partial charge is 0.227 e. The number of amides is 1. The fraction of sp³-hybridized carbons (Fsp3) is 0.200. The Balaban J connectivity index is 1.69. The quantitative estimate of drug-likeness (QED) is 0.872. The minimum atomic E-state index is 0.0652. The Bertz CT molecular complexity index is 669. The third-order valence-corrected chi connectivity index (χ3v) is 4.01. The lowest BCUT2D eigenvalue weighted by atomic mass is 10.3. The lowest BCUT2D eigenvalue weighted by Gasteiger charge is -2.09. The van der Waals surface area contributed by atoms with Crippen LogP contribution < -0.4 is 10.6 Å². The van der Waals surface area contributed by atoms with Crippen LogP contribution in [0.15, 0.2) is 36.5 Å². The predicted octanol–water partition coefficient (Wildman–Crippen LogP) is 4.48. The zero-order valence-electron chi connectivity index (χ0n) is 11.1. The van der Waals surface area contributed by atoms with Gasteiger partial charge in [0.2, 0.25) is 5.91 Å². The van der Waals surface area contributed by atoms with Gasteiger partial charge in [-0.15, -0.1) is 0 Å². The molecule has 0 bridgehead atoms. The number of hydrogen-bond donors (Lipinski definition) is 2. The summed E-state index contributed by atoms with van der Waals surface area (Å²) in [5.74, 6) is 0.868. The summed E-state index contributed by atoms with van der Waals surface area (Å²) < 4.78 is 0. The Morgan fingerprint density at radius 2 is 2.00 bits per heavy atom. The van der Waals surface area contributed by atoms with E-state index < -0.39 is 0 Å². The molecule has 1 fully saturated rings. The molecule has 0 aliphatic heterocycles. The second-order valence-corrected chi connectivity index (χ2v) is 5.71. The summed E-state index contributed by atoms with van der Waals surface area (Å²) in [6.07, 6.45) is 3.57. The number of nitrogens with zero attached hydrogens (tertiary/aromatic N) is 1. The van der Waals surface area contributed by atoms with Gasteiger partial charge in [-0.05, 0) is 37.1 Å². The third kappa shape index (κ3) is 3.46. The summed E-state index contributed by atoms with van der Waals surface area (Å²) in [5, 5.41) is 6.86. The molecule has 0 radical (unpaired) electrons. The molecule has 0 unspecified atom stereocenters. The van der Waals surface area contributed by atoms with Crippen molar-refractivity contribution in [1.82, 2.24) is 4.98 Å². The molecule has 1 heterocycles. The molecule has 1 aromatic carbocycles. The van der Waals surface area contributed by atoms with Crippen molar-refractivity contribution in [1.29, 1.82) is 0 Å². The largest absolute Gasteiger partial charge is 0.339 e. The maximum Gasteiger partial charge on any atom is 0.227 e. The van der Waals surface area contributed by atoms with E-state index in [0.29, 0.717) is 27.2 Å². The molecule has 1 aliphatic carbocycles. The van der Waals surface area contributed by atoms with E-state index in [0.717, 1.165) is 12.8 Å². The van der Waals surface area contributed by atoms with Gasteiger partial charge >= 0.3 is 0 Å². The summed E-state index contributed by atoms with van der Waals surface area (Å²) in [7, 11) is 0. The zero-order chi connectivity index (χ0) is 14.8. The highest BCUT2D eigenvalue weighted by molar-refractivity contribution is 6.43. The Hall–Kier alpha value is -1.78. The van der Waals surface area contributed by atoms with Crippen molar-refractivity contribution in [2.24, 2.45) is 5.92 Å². The van der Waals surface area contributed by atoms with Crippen LogP contribution in [0.2, 0.25) is 10.0 Å². The van der Waals surface area contributed by atoms with Crippen molar-refractivity contribution >= 4 is 46.3 Å².